The SMILES string of the molecule is COc1cc2c(ccc3c4ccc(OC)c(C)c4c[n+](C)c23)c(-c2ccc(S(=O)(=O)N(C)C)cc2)c1OC. The van der Waals surface area contributed by atoms with Gasteiger partial charge >= 0.3 is 0 Å². The van der Waals surface area contributed by atoms with E-state index in [0.29, 0.717) is 11.5 Å². The maximum Gasteiger partial charge on any atom is 0.242 e. The van der Waals surface area contributed by atoms with Gasteiger partial charge in [0.15, 0.2) is 17.7 Å². The molecule has 1 heterocycles. The first-order valence-electron chi connectivity index (χ1n) is 12.1. The molecule has 196 valence electrons. The van der Waals surface area contributed by atoms with Gasteiger partial charge in [0.05, 0.1) is 42.4 Å². The number of fused-ring (bicyclic) bond motifs is 5. The van der Waals surface area contributed by atoms with E-state index in [1.807, 2.05) is 31.3 Å². The molecule has 5 aromatic rings. The molecule has 0 saturated heterocycles. The average Bonchev–Trinajstić information content (AvgIpc) is 2.92. The van der Waals surface area contributed by atoms with Crippen molar-refractivity contribution in [2.45, 2.75) is 11.8 Å². The number of benzene rings is 4. The van der Waals surface area contributed by atoms with E-state index in [1.54, 1.807) is 33.5 Å². The summed E-state index contributed by atoms with van der Waals surface area (Å²) in [6.45, 7) is 2.07. The fourth-order valence-electron chi connectivity index (χ4n) is 5.25. The average molecular weight is 532 g/mol. The second-order valence-corrected chi connectivity index (χ2v) is 11.6. The number of methoxy groups -OCH3 is 3. The van der Waals surface area contributed by atoms with E-state index in [0.717, 1.165) is 54.9 Å². The molecular formula is C30H31N2O5S+. The quantitative estimate of drug-likeness (QED) is 0.222. The minimum absolute atomic E-state index is 0.228. The summed E-state index contributed by atoms with van der Waals surface area (Å²) in [5.74, 6) is 2.04. The number of ether oxygens (including phenoxy) is 3. The third-order valence-corrected chi connectivity index (χ3v) is 9.04. The number of aryl methyl sites for hydroxylation is 2. The van der Waals surface area contributed by atoms with Gasteiger partial charge in [-0.15, -0.1) is 0 Å². The molecule has 0 aliphatic rings. The van der Waals surface area contributed by atoms with E-state index in [2.05, 4.69) is 35.9 Å². The van der Waals surface area contributed by atoms with E-state index in [1.165, 1.54) is 18.4 Å². The number of nitrogens with zero attached hydrogens (tertiary/aromatic N) is 2. The molecule has 38 heavy (non-hydrogen) atoms. The second kappa shape index (κ2) is 9.45. The van der Waals surface area contributed by atoms with Gasteiger partial charge in [-0.1, -0.05) is 18.2 Å². The first kappa shape index (κ1) is 25.8. The van der Waals surface area contributed by atoms with Gasteiger partial charge < -0.3 is 14.2 Å². The van der Waals surface area contributed by atoms with Crippen molar-refractivity contribution in [1.29, 1.82) is 0 Å². The second-order valence-electron chi connectivity index (χ2n) is 9.45. The van der Waals surface area contributed by atoms with Crippen LogP contribution >= 0.6 is 0 Å². The van der Waals surface area contributed by atoms with Crippen molar-refractivity contribution in [1.82, 2.24) is 4.31 Å². The molecule has 0 N–H and O–H groups in total. The van der Waals surface area contributed by atoms with Gasteiger partial charge in [-0.25, -0.2) is 12.7 Å². The molecule has 0 fully saturated rings. The summed E-state index contributed by atoms with van der Waals surface area (Å²) in [5.41, 5.74) is 3.80. The van der Waals surface area contributed by atoms with Crippen LogP contribution in [0, 0.1) is 6.92 Å². The summed E-state index contributed by atoms with van der Waals surface area (Å²) in [5, 5.41) is 5.33. The zero-order chi connectivity index (χ0) is 27.4. The molecule has 0 aliphatic heterocycles. The fraction of sp³-hybridized carbons (Fsp3) is 0.233. The van der Waals surface area contributed by atoms with Crippen LogP contribution in [0.1, 0.15) is 5.56 Å². The third kappa shape index (κ3) is 3.83. The Morgan fingerprint density at radius 1 is 0.737 bits per heavy atom. The van der Waals surface area contributed by atoms with Crippen molar-refractivity contribution in [2.24, 2.45) is 7.05 Å². The highest BCUT2D eigenvalue weighted by Crippen LogP contribution is 2.46. The molecule has 0 radical (unpaired) electrons. The van der Waals surface area contributed by atoms with Gasteiger partial charge in [-0.3, -0.25) is 0 Å². The van der Waals surface area contributed by atoms with Gasteiger partial charge in [-0.2, -0.15) is 4.57 Å². The largest absolute Gasteiger partial charge is 0.496 e. The van der Waals surface area contributed by atoms with Crippen molar-refractivity contribution >= 4 is 42.5 Å². The number of aromatic nitrogens is 1. The summed E-state index contributed by atoms with van der Waals surface area (Å²) in [6.07, 6.45) is 2.13. The van der Waals surface area contributed by atoms with Crippen molar-refractivity contribution in [3.05, 3.63) is 66.4 Å². The molecule has 0 spiro atoms. The normalized spacial score (nSPS) is 12.0. The van der Waals surface area contributed by atoms with Crippen molar-refractivity contribution in [3.8, 4) is 28.4 Å². The maximum atomic E-state index is 12.6. The highest BCUT2D eigenvalue weighted by molar-refractivity contribution is 7.89. The predicted molar refractivity (Wildman–Crippen MR) is 151 cm³/mol. The summed E-state index contributed by atoms with van der Waals surface area (Å²) < 4.78 is 45.8. The molecule has 0 saturated carbocycles. The zero-order valence-corrected chi connectivity index (χ0v) is 23.4. The lowest BCUT2D eigenvalue weighted by molar-refractivity contribution is -0.642. The van der Waals surface area contributed by atoms with Crippen LogP contribution in [0.5, 0.6) is 17.2 Å². The lowest BCUT2D eigenvalue weighted by Gasteiger charge is -2.18. The highest BCUT2D eigenvalue weighted by Gasteiger charge is 2.24. The Morgan fingerprint density at radius 3 is 1.97 bits per heavy atom. The number of rotatable bonds is 6. The first-order chi connectivity index (χ1) is 18.1. The Morgan fingerprint density at radius 2 is 1.37 bits per heavy atom. The molecular weight excluding hydrogens is 500 g/mol. The standard InChI is InChI=1S/C30H31N2O5S/c1-18-25-17-32(4)29-23(21(25)14-15-26(18)35-5)13-12-22-24(29)16-27(36-6)30(37-7)28(22)19-8-10-20(11-9-19)38(33,34)31(2)3/h8-17H,1-7H3/q+1. The van der Waals surface area contributed by atoms with Gasteiger partial charge in [0, 0.05) is 36.0 Å². The number of hydrogen-bond acceptors (Lipinski definition) is 5. The maximum absolute atomic E-state index is 12.6. The molecule has 0 aliphatic carbocycles. The monoisotopic (exact) mass is 531 g/mol. The minimum atomic E-state index is -3.55. The van der Waals surface area contributed by atoms with Gasteiger partial charge in [-0.05, 0) is 48.9 Å². The van der Waals surface area contributed by atoms with Crippen LogP contribution in [0.3, 0.4) is 0 Å². The van der Waals surface area contributed by atoms with Crippen LogP contribution in [0.15, 0.2) is 65.7 Å². The fourth-order valence-corrected chi connectivity index (χ4v) is 6.15. The lowest BCUT2D eigenvalue weighted by Crippen LogP contribution is -2.28. The topological polar surface area (TPSA) is 69.0 Å². The molecule has 0 bridgehead atoms. The number of sulfonamides is 1. The molecule has 0 atom stereocenters. The first-order valence-corrected chi connectivity index (χ1v) is 13.6. The van der Waals surface area contributed by atoms with E-state index < -0.39 is 10.0 Å². The summed E-state index contributed by atoms with van der Waals surface area (Å²) in [7, 11) is 6.46. The van der Waals surface area contributed by atoms with Crippen molar-refractivity contribution < 1.29 is 27.2 Å². The van der Waals surface area contributed by atoms with Crippen molar-refractivity contribution in [3.63, 3.8) is 0 Å². The van der Waals surface area contributed by atoms with Gasteiger partial charge in [0.25, 0.3) is 0 Å². The molecule has 8 heteroatoms. The van der Waals surface area contributed by atoms with Crippen LogP contribution in [0.25, 0.3) is 43.6 Å². The van der Waals surface area contributed by atoms with Gasteiger partial charge in [0.1, 0.15) is 12.8 Å². The minimum Gasteiger partial charge on any atom is -0.496 e. The van der Waals surface area contributed by atoms with Gasteiger partial charge in [0.2, 0.25) is 15.5 Å². The zero-order valence-electron chi connectivity index (χ0n) is 22.6. The van der Waals surface area contributed by atoms with Crippen LogP contribution in [-0.4, -0.2) is 48.1 Å². The van der Waals surface area contributed by atoms with Crippen LogP contribution in [0.4, 0.5) is 0 Å². The Balaban J connectivity index is 1.86. The van der Waals surface area contributed by atoms with E-state index in [4.69, 9.17) is 14.2 Å². The number of hydrogen-bond donors (Lipinski definition) is 0. The Kier molecular flexibility index (Phi) is 6.41. The predicted octanol–water partition coefficient (Wildman–Crippen LogP) is 5.22. The molecule has 5 rings (SSSR count). The molecule has 4 aromatic carbocycles. The van der Waals surface area contributed by atoms with Crippen molar-refractivity contribution in [2.75, 3.05) is 35.4 Å². The summed E-state index contributed by atoms with van der Waals surface area (Å²) in [4.78, 5) is 0.228. The van der Waals surface area contributed by atoms with E-state index in [-0.39, 0.29) is 4.90 Å². The van der Waals surface area contributed by atoms with Crippen LogP contribution < -0.4 is 18.8 Å². The summed E-state index contributed by atoms with van der Waals surface area (Å²) >= 11 is 0. The molecule has 7 nitrogen and oxygen atoms in total. The van der Waals surface area contributed by atoms with E-state index in [9.17, 15) is 8.42 Å². The Bertz CT molecular complexity index is 1830. The number of pyridine rings is 1. The van der Waals surface area contributed by atoms with Crippen LogP contribution in [-0.2, 0) is 17.1 Å². The van der Waals surface area contributed by atoms with Crippen LogP contribution in [0.2, 0.25) is 0 Å². The molecule has 0 amide bonds. The van der Waals surface area contributed by atoms with E-state index >= 15 is 0 Å². The summed E-state index contributed by atoms with van der Waals surface area (Å²) in [6, 6.07) is 17.2. The third-order valence-electron chi connectivity index (χ3n) is 7.21. The Hall–Kier alpha value is -3.88. The smallest absolute Gasteiger partial charge is 0.242 e. The molecule has 1 aromatic heterocycles. The lowest BCUT2D eigenvalue weighted by atomic mass is 9.93. The Labute approximate surface area is 222 Å². The molecule has 0 unspecified atom stereocenters. The highest BCUT2D eigenvalue weighted by atomic mass is 32.2.